The molecule has 0 saturated carbocycles. The maximum atomic E-state index is 11.0. The number of carboxylic acids is 1. The highest BCUT2D eigenvalue weighted by atomic mass is 16.5. The van der Waals surface area contributed by atoms with Gasteiger partial charge in [0.25, 0.3) is 0 Å². The average Bonchev–Trinajstić information content (AvgIpc) is 2.38. The zero-order valence-corrected chi connectivity index (χ0v) is 10.2. The molecule has 0 aliphatic carbocycles. The van der Waals surface area contributed by atoms with Gasteiger partial charge in [0, 0.05) is 11.8 Å². The number of hydrogen-bond acceptors (Lipinski definition) is 3. The summed E-state index contributed by atoms with van der Waals surface area (Å²) in [7, 11) is 1.57. The molecule has 0 radical (unpaired) electrons. The van der Waals surface area contributed by atoms with Crippen LogP contribution in [0.4, 0.5) is 0 Å². The molecule has 2 aromatic rings. The number of methoxy groups -OCH3 is 1. The normalized spacial score (nSPS) is 10.1. The standard InChI is InChI=1S/C14H13NO3/c1-9-3-10(5-11(4-9)14(16)17)12-6-13(18-2)8-15-7-12/h3-8H,1-2H3,(H,16,17). The van der Waals surface area contributed by atoms with Crippen molar-refractivity contribution in [3.05, 3.63) is 47.8 Å². The number of ether oxygens (including phenoxy) is 1. The molecular formula is C14H13NO3. The van der Waals surface area contributed by atoms with Gasteiger partial charge in [-0.2, -0.15) is 0 Å². The summed E-state index contributed by atoms with van der Waals surface area (Å²) in [5.41, 5.74) is 2.82. The van der Waals surface area contributed by atoms with Gasteiger partial charge in [-0.3, -0.25) is 4.98 Å². The summed E-state index contributed by atoms with van der Waals surface area (Å²) in [5.74, 6) is -0.290. The highest BCUT2D eigenvalue weighted by Crippen LogP contribution is 2.24. The molecule has 0 fully saturated rings. The Hall–Kier alpha value is -2.36. The molecule has 0 aliphatic heterocycles. The van der Waals surface area contributed by atoms with Crippen LogP contribution in [0.25, 0.3) is 11.1 Å². The summed E-state index contributed by atoms with van der Waals surface area (Å²) in [4.78, 5) is 15.1. The van der Waals surface area contributed by atoms with Gasteiger partial charge in [-0.25, -0.2) is 4.79 Å². The Labute approximate surface area is 105 Å². The third kappa shape index (κ3) is 2.48. The number of carboxylic acid groups (broad SMARTS) is 1. The number of nitrogens with zero attached hydrogens (tertiary/aromatic N) is 1. The molecule has 1 heterocycles. The summed E-state index contributed by atoms with van der Waals surface area (Å²) in [5, 5.41) is 9.04. The first-order valence-electron chi connectivity index (χ1n) is 5.44. The quantitative estimate of drug-likeness (QED) is 0.900. The van der Waals surface area contributed by atoms with Gasteiger partial charge in [-0.1, -0.05) is 6.07 Å². The van der Waals surface area contributed by atoms with Gasteiger partial charge < -0.3 is 9.84 Å². The van der Waals surface area contributed by atoms with Crippen molar-refractivity contribution in [3.8, 4) is 16.9 Å². The van der Waals surface area contributed by atoms with Crippen LogP contribution in [0.3, 0.4) is 0 Å². The predicted molar refractivity (Wildman–Crippen MR) is 67.9 cm³/mol. The van der Waals surface area contributed by atoms with Gasteiger partial charge in [0.15, 0.2) is 0 Å². The van der Waals surface area contributed by atoms with Crippen molar-refractivity contribution in [2.24, 2.45) is 0 Å². The van der Waals surface area contributed by atoms with Gasteiger partial charge >= 0.3 is 5.97 Å². The number of benzene rings is 1. The lowest BCUT2D eigenvalue weighted by molar-refractivity contribution is 0.0697. The Morgan fingerprint density at radius 1 is 1.17 bits per heavy atom. The molecule has 92 valence electrons. The van der Waals surface area contributed by atoms with E-state index >= 15 is 0 Å². The van der Waals surface area contributed by atoms with Crippen molar-refractivity contribution in [2.45, 2.75) is 6.92 Å². The van der Waals surface area contributed by atoms with E-state index in [0.29, 0.717) is 5.75 Å². The fraction of sp³-hybridized carbons (Fsp3) is 0.143. The molecule has 4 heteroatoms. The first-order chi connectivity index (χ1) is 8.60. The largest absolute Gasteiger partial charge is 0.495 e. The van der Waals surface area contributed by atoms with E-state index in [4.69, 9.17) is 9.84 Å². The number of rotatable bonds is 3. The Morgan fingerprint density at radius 3 is 2.61 bits per heavy atom. The minimum absolute atomic E-state index is 0.271. The van der Waals surface area contributed by atoms with E-state index in [1.165, 1.54) is 0 Å². The summed E-state index contributed by atoms with van der Waals surface area (Å²) < 4.78 is 5.11. The highest BCUT2D eigenvalue weighted by Gasteiger charge is 2.07. The molecule has 0 saturated heterocycles. The number of pyridine rings is 1. The third-order valence-electron chi connectivity index (χ3n) is 2.61. The van der Waals surface area contributed by atoms with Gasteiger partial charge in [-0.05, 0) is 36.2 Å². The average molecular weight is 243 g/mol. The molecule has 18 heavy (non-hydrogen) atoms. The van der Waals surface area contributed by atoms with E-state index in [2.05, 4.69) is 4.98 Å². The number of hydrogen-bond donors (Lipinski definition) is 1. The maximum absolute atomic E-state index is 11.0. The van der Waals surface area contributed by atoms with Crippen LogP contribution in [-0.2, 0) is 0 Å². The lowest BCUT2D eigenvalue weighted by Crippen LogP contribution is -1.97. The number of carbonyl (C=O) groups is 1. The second-order valence-corrected chi connectivity index (χ2v) is 4.01. The Bertz CT molecular complexity index is 593. The SMILES string of the molecule is COc1cncc(-c2cc(C)cc(C(=O)O)c2)c1. The van der Waals surface area contributed by atoms with Gasteiger partial charge in [0.2, 0.25) is 0 Å². The van der Waals surface area contributed by atoms with Gasteiger partial charge in [-0.15, -0.1) is 0 Å². The molecule has 1 aromatic carbocycles. The lowest BCUT2D eigenvalue weighted by Gasteiger charge is -2.06. The summed E-state index contributed by atoms with van der Waals surface area (Å²) >= 11 is 0. The van der Waals surface area contributed by atoms with Crippen molar-refractivity contribution < 1.29 is 14.6 Å². The topological polar surface area (TPSA) is 59.4 Å². The van der Waals surface area contributed by atoms with Crippen LogP contribution in [0.1, 0.15) is 15.9 Å². The molecule has 0 atom stereocenters. The van der Waals surface area contributed by atoms with E-state index in [9.17, 15) is 4.79 Å². The van der Waals surface area contributed by atoms with E-state index in [-0.39, 0.29) is 5.56 Å². The van der Waals surface area contributed by atoms with E-state index in [0.717, 1.165) is 16.7 Å². The Kier molecular flexibility index (Phi) is 3.28. The van der Waals surface area contributed by atoms with Crippen LogP contribution in [-0.4, -0.2) is 23.2 Å². The molecular weight excluding hydrogens is 230 g/mol. The van der Waals surface area contributed by atoms with E-state index in [1.54, 1.807) is 31.6 Å². The summed E-state index contributed by atoms with van der Waals surface area (Å²) in [6, 6.07) is 7.02. The first-order valence-corrected chi connectivity index (χ1v) is 5.44. The van der Waals surface area contributed by atoms with Crippen molar-refractivity contribution in [2.75, 3.05) is 7.11 Å². The molecule has 0 aliphatic rings. The maximum Gasteiger partial charge on any atom is 0.335 e. The van der Waals surface area contributed by atoms with Gasteiger partial charge in [0.05, 0.1) is 18.9 Å². The molecule has 1 N–H and O–H groups in total. The Balaban J connectivity index is 2.52. The molecule has 0 spiro atoms. The first kappa shape index (κ1) is 12.1. The third-order valence-corrected chi connectivity index (χ3v) is 2.61. The van der Waals surface area contributed by atoms with Crippen LogP contribution in [0, 0.1) is 6.92 Å². The summed E-state index contributed by atoms with van der Waals surface area (Å²) in [6.45, 7) is 1.86. The molecule has 1 aromatic heterocycles. The molecule has 0 amide bonds. The van der Waals surface area contributed by atoms with E-state index < -0.39 is 5.97 Å². The van der Waals surface area contributed by atoms with Crippen LogP contribution in [0.2, 0.25) is 0 Å². The smallest absolute Gasteiger partial charge is 0.335 e. The lowest BCUT2D eigenvalue weighted by atomic mass is 10.0. The second-order valence-electron chi connectivity index (χ2n) is 4.01. The highest BCUT2D eigenvalue weighted by molar-refractivity contribution is 5.89. The number of aromatic carboxylic acids is 1. The van der Waals surface area contributed by atoms with E-state index in [1.807, 2.05) is 19.1 Å². The minimum Gasteiger partial charge on any atom is -0.495 e. The molecule has 0 unspecified atom stereocenters. The fourth-order valence-electron chi connectivity index (χ4n) is 1.76. The Morgan fingerprint density at radius 2 is 1.94 bits per heavy atom. The van der Waals surface area contributed by atoms with Crippen molar-refractivity contribution in [3.63, 3.8) is 0 Å². The predicted octanol–water partition coefficient (Wildman–Crippen LogP) is 2.76. The van der Waals surface area contributed by atoms with Crippen molar-refractivity contribution >= 4 is 5.97 Å². The summed E-state index contributed by atoms with van der Waals surface area (Å²) in [6.07, 6.45) is 3.29. The van der Waals surface area contributed by atoms with Crippen molar-refractivity contribution in [1.29, 1.82) is 0 Å². The van der Waals surface area contributed by atoms with Crippen LogP contribution in [0.5, 0.6) is 5.75 Å². The van der Waals surface area contributed by atoms with Crippen LogP contribution >= 0.6 is 0 Å². The second kappa shape index (κ2) is 4.87. The number of aromatic nitrogens is 1. The van der Waals surface area contributed by atoms with Crippen molar-refractivity contribution in [1.82, 2.24) is 4.98 Å². The zero-order chi connectivity index (χ0) is 13.1. The fourth-order valence-corrected chi connectivity index (χ4v) is 1.76. The minimum atomic E-state index is -0.934. The van der Waals surface area contributed by atoms with Crippen LogP contribution in [0.15, 0.2) is 36.7 Å². The molecule has 4 nitrogen and oxygen atoms in total. The molecule has 0 bridgehead atoms. The molecule has 2 rings (SSSR count). The monoisotopic (exact) mass is 243 g/mol. The zero-order valence-electron chi connectivity index (χ0n) is 10.2. The van der Waals surface area contributed by atoms with Gasteiger partial charge in [0.1, 0.15) is 5.75 Å². The number of aryl methyl sites for hydroxylation is 1. The van der Waals surface area contributed by atoms with Crippen LogP contribution < -0.4 is 4.74 Å².